The van der Waals surface area contributed by atoms with Crippen LogP contribution in [0.5, 0.6) is 5.75 Å². The number of amides is 2. The van der Waals surface area contributed by atoms with Gasteiger partial charge in [0.1, 0.15) is 18.5 Å². The molecule has 0 aliphatic rings. The quantitative estimate of drug-likeness (QED) is 0.159. The zero-order chi connectivity index (χ0) is 24.1. The summed E-state index contributed by atoms with van der Waals surface area (Å²) in [5, 5.41) is 20.4. The molecule has 0 fully saturated rings. The van der Waals surface area contributed by atoms with Gasteiger partial charge in [-0.15, -0.1) is 11.8 Å². The fourth-order valence-corrected chi connectivity index (χ4v) is 3.24. The summed E-state index contributed by atoms with van der Waals surface area (Å²) in [4.78, 5) is 25.2. The highest BCUT2D eigenvalue weighted by molar-refractivity contribution is 7.98. The molecule has 9 nitrogen and oxygen atoms in total. The van der Waals surface area contributed by atoms with Gasteiger partial charge < -0.3 is 19.3 Å². The minimum Gasteiger partial charge on any atom is -0.491 e. The molecule has 0 saturated heterocycles. The Morgan fingerprint density at radius 3 is 2.39 bits per heavy atom. The van der Waals surface area contributed by atoms with Gasteiger partial charge in [-0.3, -0.25) is 15.3 Å². The molecule has 4 N–H and O–H groups in total. The van der Waals surface area contributed by atoms with E-state index < -0.39 is 24.2 Å². The Bertz CT molecular complexity index is 904. The lowest BCUT2D eigenvalue weighted by Gasteiger charge is -2.25. The van der Waals surface area contributed by atoms with E-state index in [0.29, 0.717) is 17.0 Å². The Morgan fingerprint density at radius 1 is 1.12 bits per heavy atom. The molecule has 2 atom stereocenters. The summed E-state index contributed by atoms with van der Waals surface area (Å²) in [6.07, 6.45) is 2.01. The van der Waals surface area contributed by atoms with Crippen molar-refractivity contribution in [3.05, 3.63) is 66.2 Å². The molecule has 2 aromatic rings. The number of aliphatic hydroxyl groups excluding tert-OH is 1. The van der Waals surface area contributed by atoms with Crippen molar-refractivity contribution in [1.29, 1.82) is 0 Å². The van der Waals surface area contributed by atoms with E-state index in [0.717, 1.165) is 11.0 Å². The van der Waals surface area contributed by atoms with Gasteiger partial charge in [-0.25, -0.2) is 10.3 Å². The third-order valence-electron chi connectivity index (χ3n) is 4.34. The van der Waals surface area contributed by atoms with Crippen molar-refractivity contribution in [2.45, 2.75) is 24.0 Å². The number of nitrogens with one attached hydrogen (secondary N) is 2. The highest BCUT2D eigenvalue weighted by Gasteiger charge is 2.26. The van der Waals surface area contributed by atoms with Gasteiger partial charge in [0.05, 0.1) is 6.61 Å². The maximum atomic E-state index is 12.7. The van der Waals surface area contributed by atoms with Crippen molar-refractivity contribution < 1.29 is 34.1 Å². The van der Waals surface area contributed by atoms with Crippen LogP contribution in [0.25, 0.3) is 0 Å². The molecular weight excluding hydrogens is 448 g/mol. The zero-order valence-electron chi connectivity index (χ0n) is 18.4. The van der Waals surface area contributed by atoms with E-state index >= 15 is 0 Å². The average molecular weight is 477 g/mol. The van der Waals surface area contributed by atoms with Crippen molar-refractivity contribution in [1.82, 2.24) is 5.48 Å². The molecular formula is C23H28N2O7S. The van der Waals surface area contributed by atoms with Gasteiger partial charge in [-0.2, -0.15) is 0 Å². The number of hydroxylamine groups is 1. The SMILES string of the molecule is CCO[C@H](/C=C/C(=O)NO)[C@H](OC(=O)Nc1ccc(SC)cc1)c1ccc(OCCO)cc1. The number of carbonyl (C=O) groups excluding carboxylic acids is 2. The van der Waals surface area contributed by atoms with Gasteiger partial charge in [0, 0.05) is 23.3 Å². The minimum absolute atomic E-state index is 0.115. The van der Waals surface area contributed by atoms with Crippen LogP contribution in [-0.4, -0.2) is 54.5 Å². The van der Waals surface area contributed by atoms with E-state index in [-0.39, 0.29) is 19.8 Å². The summed E-state index contributed by atoms with van der Waals surface area (Å²) in [6.45, 7) is 2.08. The summed E-state index contributed by atoms with van der Waals surface area (Å²) < 4.78 is 16.8. The van der Waals surface area contributed by atoms with Crippen molar-refractivity contribution in [2.75, 3.05) is 31.4 Å². The first-order valence-electron chi connectivity index (χ1n) is 10.2. The van der Waals surface area contributed by atoms with Crippen molar-refractivity contribution in [3.8, 4) is 5.75 Å². The van der Waals surface area contributed by atoms with E-state index in [1.807, 2.05) is 18.4 Å². The molecule has 178 valence electrons. The van der Waals surface area contributed by atoms with Gasteiger partial charge in [0.25, 0.3) is 5.91 Å². The predicted molar refractivity (Wildman–Crippen MR) is 125 cm³/mol. The molecule has 0 aliphatic heterocycles. The Balaban J connectivity index is 2.26. The van der Waals surface area contributed by atoms with Crippen LogP contribution >= 0.6 is 11.8 Å². The van der Waals surface area contributed by atoms with E-state index in [1.54, 1.807) is 55.1 Å². The molecule has 0 saturated carbocycles. The third kappa shape index (κ3) is 8.78. The molecule has 0 aromatic heterocycles. The van der Waals surface area contributed by atoms with Crippen molar-refractivity contribution >= 4 is 29.4 Å². The van der Waals surface area contributed by atoms with E-state index in [1.165, 1.54) is 11.6 Å². The summed E-state index contributed by atoms with van der Waals surface area (Å²) >= 11 is 1.59. The fraction of sp³-hybridized carbons (Fsp3) is 0.304. The third-order valence-corrected chi connectivity index (χ3v) is 5.09. The molecule has 0 radical (unpaired) electrons. The molecule has 0 aliphatic carbocycles. The number of rotatable bonds is 12. The lowest BCUT2D eigenvalue weighted by Crippen LogP contribution is -2.28. The molecule has 0 heterocycles. The molecule has 33 heavy (non-hydrogen) atoms. The van der Waals surface area contributed by atoms with Gasteiger partial charge in [-0.1, -0.05) is 12.1 Å². The van der Waals surface area contributed by atoms with Crippen molar-refractivity contribution in [3.63, 3.8) is 0 Å². The van der Waals surface area contributed by atoms with E-state index in [4.69, 9.17) is 24.5 Å². The molecule has 0 unspecified atom stereocenters. The monoisotopic (exact) mass is 476 g/mol. The lowest BCUT2D eigenvalue weighted by atomic mass is 10.0. The van der Waals surface area contributed by atoms with E-state index in [2.05, 4.69) is 5.32 Å². The molecule has 0 bridgehead atoms. The molecule has 10 heteroatoms. The maximum absolute atomic E-state index is 12.7. The largest absolute Gasteiger partial charge is 0.491 e. The normalized spacial score (nSPS) is 12.7. The Hall–Kier alpha value is -3.05. The Kier molecular flexibility index (Phi) is 11.3. The van der Waals surface area contributed by atoms with Crippen LogP contribution in [0, 0.1) is 0 Å². The second-order valence-electron chi connectivity index (χ2n) is 6.58. The van der Waals surface area contributed by atoms with Crippen molar-refractivity contribution in [2.24, 2.45) is 0 Å². The number of hydrogen-bond acceptors (Lipinski definition) is 8. The zero-order valence-corrected chi connectivity index (χ0v) is 19.2. The van der Waals surface area contributed by atoms with Gasteiger partial charge in [0.2, 0.25) is 0 Å². The second-order valence-corrected chi connectivity index (χ2v) is 7.46. The van der Waals surface area contributed by atoms with E-state index in [9.17, 15) is 9.59 Å². The smallest absolute Gasteiger partial charge is 0.412 e. The molecule has 2 amide bonds. The topological polar surface area (TPSA) is 126 Å². The number of aliphatic hydroxyl groups is 1. The highest BCUT2D eigenvalue weighted by atomic mass is 32.2. The first-order chi connectivity index (χ1) is 16.0. The fourth-order valence-electron chi connectivity index (χ4n) is 2.83. The first kappa shape index (κ1) is 26.2. The Morgan fingerprint density at radius 2 is 1.82 bits per heavy atom. The summed E-state index contributed by atoms with van der Waals surface area (Å²) in [6, 6.07) is 14.0. The molecule has 0 spiro atoms. The highest BCUT2D eigenvalue weighted by Crippen LogP contribution is 2.28. The number of benzene rings is 2. The number of carbonyl (C=O) groups is 2. The minimum atomic E-state index is -0.912. The number of hydrogen-bond donors (Lipinski definition) is 4. The van der Waals surface area contributed by atoms with Crippen LogP contribution in [0.2, 0.25) is 0 Å². The standard InChI is InChI=1S/C23H28N2O7S/c1-3-30-20(12-13-21(27)25-29)22(16-4-8-18(9-5-16)31-15-14-26)32-23(28)24-17-6-10-19(33-2)11-7-17/h4-13,20,22,26,29H,3,14-15H2,1-2H3,(H,24,28)(H,25,27)/b13-12+/t20-,22-/m1/s1. The van der Waals surface area contributed by atoms with Gasteiger partial charge in [-0.05, 0) is 61.2 Å². The summed E-state index contributed by atoms with van der Waals surface area (Å²) in [7, 11) is 0. The van der Waals surface area contributed by atoms with Gasteiger partial charge >= 0.3 is 6.09 Å². The lowest BCUT2D eigenvalue weighted by molar-refractivity contribution is -0.124. The van der Waals surface area contributed by atoms with Crippen LogP contribution in [0.1, 0.15) is 18.6 Å². The predicted octanol–water partition coefficient (Wildman–Crippen LogP) is 3.54. The second kappa shape index (κ2) is 14.2. The number of anilines is 1. The van der Waals surface area contributed by atoms with Crippen LogP contribution < -0.4 is 15.5 Å². The van der Waals surface area contributed by atoms with Crippen LogP contribution in [0.4, 0.5) is 10.5 Å². The van der Waals surface area contributed by atoms with Crippen LogP contribution in [0.15, 0.2) is 65.6 Å². The number of thioether (sulfide) groups is 1. The van der Waals surface area contributed by atoms with Crippen LogP contribution in [0.3, 0.4) is 0 Å². The average Bonchev–Trinajstić information content (AvgIpc) is 2.84. The maximum Gasteiger partial charge on any atom is 0.412 e. The first-order valence-corrected chi connectivity index (χ1v) is 11.4. The summed E-state index contributed by atoms with van der Waals surface area (Å²) in [5.41, 5.74) is 2.66. The van der Waals surface area contributed by atoms with Gasteiger partial charge in [0.15, 0.2) is 6.10 Å². The van der Waals surface area contributed by atoms with Crippen LogP contribution in [-0.2, 0) is 14.3 Å². The Labute approximate surface area is 196 Å². The molecule has 2 rings (SSSR count). The summed E-state index contributed by atoms with van der Waals surface area (Å²) in [5.74, 6) is -0.211. The molecule has 2 aromatic carbocycles. The number of ether oxygens (including phenoxy) is 3.